The molecule has 4 aromatic rings. The van der Waals surface area contributed by atoms with Crippen LogP contribution < -0.4 is 10.6 Å². The molecule has 174 valence electrons. The van der Waals surface area contributed by atoms with Gasteiger partial charge in [0.1, 0.15) is 12.1 Å². The molecule has 2 aliphatic heterocycles. The third-order valence-corrected chi connectivity index (χ3v) is 6.75. The van der Waals surface area contributed by atoms with Gasteiger partial charge < -0.3 is 15.4 Å². The van der Waals surface area contributed by atoms with Crippen LogP contribution >= 0.6 is 0 Å². The number of esters is 1. The number of benzene rings is 3. The second-order valence-electron chi connectivity index (χ2n) is 8.76. The minimum absolute atomic E-state index is 0.227. The van der Waals surface area contributed by atoms with Gasteiger partial charge in [-0.25, -0.2) is 4.90 Å². The van der Waals surface area contributed by atoms with Gasteiger partial charge in [-0.05, 0) is 12.1 Å². The standard InChI is InChI=1S/C28H24N4O3/c33-26(31-22-15-7-9-19-10-8-16-30-25(19)22)23-17-29-18-24-27(34)35-28(32(23)24,20-11-3-1-4-12-20)21-13-5-2-6-14-21/h1-16,23-24,29H,17-18H2,(H,31,33). The molecule has 3 heterocycles. The van der Waals surface area contributed by atoms with Crippen LogP contribution in [0.25, 0.3) is 10.9 Å². The first kappa shape index (κ1) is 21.5. The number of aromatic nitrogens is 1. The van der Waals surface area contributed by atoms with Crippen LogP contribution in [-0.2, 0) is 20.1 Å². The first-order valence-corrected chi connectivity index (χ1v) is 11.7. The number of amides is 1. The fourth-order valence-electron chi connectivity index (χ4n) is 5.22. The van der Waals surface area contributed by atoms with Crippen molar-refractivity contribution in [2.75, 3.05) is 18.4 Å². The van der Waals surface area contributed by atoms with E-state index >= 15 is 0 Å². The van der Waals surface area contributed by atoms with Crippen LogP contribution in [0.1, 0.15) is 11.1 Å². The van der Waals surface area contributed by atoms with Gasteiger partial charge in [0.15, 0.2) is 0 Å². The van der Waals surface area contributed by atoms with E-state index in [2.05, 4.69) is 15.6 Å². The predicted molar refractivity (Wildman–Crippen MR) is 132 cm³/mol. The Morgan fingerprint density at radius 1 is 0.914 bits per heavy atom. The maximum Gasteiger partial charge on any atom is 0.327 e. The molecule has 2 atom stereocenters. The lowest BCUT2D eigenvalue weighted by molar-refractivity contribution is -0.152. The number of pyridine rings is 1. The SMILES string of the molecule is O=C(Nc1cccc2cccnc12)C1CNCC2C(=O)OC(c3ccccc3)(c3ccccc3)N12. The van der Waals surface area contributed by atoms with Gasteiger partial charge in [0.05, 0.1) is 11.2 Å². The highest BCUT2D eigenvalue weighted by atomic mass is 16.6. The number of cyclic esters (lactones) is 1. The molecule has 7 heteroatoms. The molecule has 2 saturated heterocycles. The molecule has 2 fully saturated rings. The lowest BCUT2D eigenvalue weighted by atomic mass is 9.90. The Morgan fingerprint density at radius 3 is 2.31 bits per heavy atom. The quantitative estimate of drug-likeness (QED) is 0.451. The summed E-state index contributed by atoms with van der Waals surface area (Å²) in [6.45, 7) is 0.776. The van der Waals surface area contributed by atoms with E-state index in [1.54, 1.807) is 6.20 Å². The number of fused-ring (bicyclic) bond motifs is 2. The van der Waals surface area contributed by atoms with E-state index in [0.717, 1.165) is 22.0 Å². The smallest absolute Gasteiger partial charge is 0.327 e. The van der Waals surface area contributed by atoms with E-state index in [1.807, 2.05) is 95.9 Å². The average Bonchev–Trinajstić information content (AvgIpc) is 3.23. The van der Waals surface area contributed by atoms with Gasteiger partial charge in [0.2, 0.25) is 11.6 Å². The fraction of sp³-hybridized carbons (Fsp3) is 0.179. The third-order valence-electron chi connectivity index (χ3n) is 6.75. The summed E-state index contributed by atoms with van der Waals surface area (Å²) in [5.74, 6) is -0.579. The third kappa shape index (κ3) is 3.48. The number of rotatable bonds is 4. The largest absolute Gasteiger partial charge is 0.434 e. The van der Waals surface area contributed by atoms with Crippen molar-refractivity contribution in [2.45, 2.75) is 17.8 Å². The number of para-hydroxylation sites is 1. The molecule has 0 bridgehead atoms. The van der Waals surface area contributed by atoms with Gasteiger partial charge in [-0.3, -0.25) is 14.6 Å². The van der Waals surface area contributed by atoms with Crippen molar-refractivity contribution in [3.05, 3.63) is 108 Å². The monoisotopic (exact) mass is 464 g/mol. The summed E-state index contributed by atoms with van der Waals surface area (Å²) in [4.78, 5) is 33.4. The van der Waals surface area contributed by atoms with E-state index in [0.29, 0.717) is 18.8 Å². The molecule has 0 radical (unpaired) electrons. The van der Waals surface area contributed by atoms with E-state index in [9.17, 15) is 9.59 Å². The van der Waals surface area contributed by atoms with Crippen molar-refractivity contribution in [1.82, 2.24) is 15.2 Å². The van der Waals surface area contributed by atoms with E-state index < -0.39 is 17.8 Å². The topological polar surface area (TPSA) is 83.6 Å². The number of anilines is 1. The molecule has 0 saturated carbocycles. The molecule has 1 amide bonds. The molecule has 35 heavy (non-hydrogen) atoms. The number of ether oxygens (including phenoxy) is 1. The summed E-state index contributed by atoms with van der Waals surface area (Å²) >= 11 is 0. The maximum atomic E-state index is 13.8. The van der Waals surface area contributed by atoms with E-state index in [4.69, 9.17) is 4.74 Å². The van der Waals surface area contributed by atoms with Crippen LogP contribution in [0.3, 0.4) is 0 Å². The minimum Gasteiger partial charge on any atom is -0.434 e. The van der Waals surface area contributed by atoms with Crippen molar-refractivity contribution >= 4 is 28.5 Å². The Hall–Kier alpha value is -4.07. The number of hydrogen-bond acceptors (Lipinski definition) is 6. The van der Waals surface area contributed by atoms with Crippen LogP contribution in [0.5, 0.6) is 0 Å². The Balaban J connectivity index is 1.45. The number of hydrogen-bond donors (Lipinski definition) is 2. The van der Waals surface area contributed by atoms with Crippen LogP contribution in [0.2, 0.25) is 0 Å². The minimum atomic E-state index is -1.22. The summed E-state index contributed by atoms with van der Waals surface area (Å²) < 4.78 is 6.22. The molecule has 2 N–H and O–H groups in total. The molecule has 0 aliphatic carbocycles. The summed E-state index contributed by atoms with van der Waals surface area (Å²) in [7, 11) is 0. The second kappa shape index (κ2) is 8.61. The highest BCUT2D eigenvalue weighted by molar-refractivity contribution is 6.02. The van der Waals surface area contributed by atoms with Crippen LogP contribution in [0, 0.1) is 0 Å². The zero-order valence-electron chi connectivity index (χ0n) is 18.9. The fourth-order valence-corrected chi connectivity index (χ4v) is 5.22. The lowest BCUT2D eigenvalue weighted by Gasteiger charge is -2.44. The van der Waals surface area contributed by atoms with Gasteiger partial charge in [0, 0.05) is 35.8 Å². The summed E-state index contributed by atoms with van der Waals surface area (Å²) in [5, 5.41) is 7.27. The molecule has 0 spiro atoms. The number of piperazine rings is 1. The van der Waals surface area contributed by atoms with Crippen LogP contribution in [0.4, 0.5) is 5.69 Å². The number of carbonyl (C=O) groups is 2. The van der Waals surface area contributed by atoms with Crippen LogP contribution in [-0.4, -0.2) is 46.9 Å². The van der Waals surface area contributed by atoms with Crippen molar-refractivity contribution < 1.29 is 14.3 Å². The summed E-state index contributed by atoms with van der Waals surface area (Å²) in [6.07, 6.45) is 1.71. The second-order valence-corrected chi connectivity index (χ2v) is 8.76. The zero-order chi connectivity index (χ0) is 23.8. The number of carbonyl (C=O) groups excluding carboxylic acids is 2. The molecule has 1 aromatic heterocycles. The molecular formula is C28H24N4O3. The first-order chi connectivity index (χ1) is 17.2. The number of nitrogens with zero attached hydrogens (tertiary/aromatic N) is 2. The summed E-state index contributed by atoms with van der Waals surface area (Å²) in [5.41, 5.74) is 1.73. The average molecular weight is 465 g/mol. The van der Waals surface area contributed by atoms with Crippen molar-refractivity contribution in [3.8, 4) is 0 Å². The van der Waals surface area contributed by atoms with Gasteiger partial charge in [-0.1, -0.05) is 78.9 Å². The highest BCUT2D eigenvalue weighted by Gasteiger charge is 2.60. The van der Waals surface area contributed by atoms with Gasteiger partial charge in [-0.15, -0.1) is 0 Å². The molecular weight excluding hydrogens is 440 g/mol. The van der Waals surface area contributed by atoms with Gasteiger partial charge >= 0.3 is 5.97 Å². The molecule has 3 aromatic carbocycles. The molecule has 7 nitrogen and oxygen atoms in total. The first-order valence-electron chi connectivity index (χ1n) is 11.7. The van der Waals surface area contributed by atoms with Gasteiger partial charge in [0.25, 0.3) is 0 Å². The molecule has 2 unspecified atom stereocenters. The highest BCUT2D eigenvalue weighted by Crippen LogP contribution is 2.45. The zero-order valence-corrected chi connectivity index (χ0v) is 18.9. The Bertz CT molecular complexity index is 1350. The van der Waals surface area contributed by atoms with Crippen molar-refractivity contribution in [3.63, 3.8) is 0 Å². The Morgan fingerprint density at radius 2 is 1.60 bits per heavy atom. The van der Waals surface area contributed by atoms with Crippen LogP contribution in [0.15, 0.2) is 97.2 Å². The van der Waals surface area contributed by atoms with Crippen molar-refractivity contribution in [2.24, 2.45) is 0 Å². The normalized spacial score (nSPS) is 21.3. The molecule has 2 aliphatic rings. The Labute approximate surface area is 202 Å². The number of nitrogens with one attached hydrogen (secondary N) is 2. The van der Waals surface area contributed by atoms with Gasteiger partial charge in [-0.2, -0.15) is 0 Å². The predicted octanol–water partition coefficient (Wildman–Crippen LogP) is 3.27. The van der Waals surface area contributed by atoms with E-state index in [-0.39, 0.29) is 11.9 Å². The summed E-state index contributed by atoms with van der Waals surface area (Å²) in [6, 6.07) is 27.5. The molecule has 6 rings (SSSR count). The Kier molecular flexibility index (Phi) is 5.28. The van der Waals surface area contributed by atoms with Crippen molar-refractivity contribution in [1.29, 1.82) is 0 Å². The lowest BCUT2D eigenvalue weighted by Crippen LogP contribution is -2.65. The maximum absolute atomic E-state index is 13.8. The van der Waals surface area contributed by atoms with E-state index in [1.165, 1.54) is 0 Å².